The molecule has 0 aromatic carbocycles. The fourth-order valence-electron chi connectivity index (χ4n) is 4.65. The van der Waals surface area contributed by atoms with Crippen molar-refractivity contribution in [1.82, 2.24) is 9.47 Å². The van der Waals surface area contributed by atoms with E-state index in [1.54, 1.807) is 17.6 Å². The second-order valence-electron chi connectivity index (χ2n) is 8.82. The van der Waals surface area contributed by atoms with Crippen LogP contribution in [0.5, 0.6) is 0 Å². The number of hydrogen-bond acceptors (Lipinski definition) is 7. The molecule has 1 amide bonds. The summed E-state index contributed by atoms with van der Waals surface area (Å²) in [5.74, 6) is -0.0675. The summed E-state index contributed by atoms with van der Waals surface area (Å²) in [6, 6.07) is 2.04. The van der Waals surface area contributed by atoms with Crippen LogP contribution in [0.2, 0.25) is 0 Å². The molecule has 10 heteroatoms. The average molecular weight is 489 g/mol. The monoisotopic (exact) mass is 488 g/mol. The highest BCUT2D eigenvalue weighted by Crippen LogP contribution is 2.37. The van der Waals surface area contributed by atoms with Gasteiger partial charge in [0.25, 0.3) is 11.5 Å². The van der Waals surface area contributed by atoms with Crippen molar-refractivity contribution in [2.45, 2.75) is 47.1 Å². The van der Waals surface area contributed by atoms with Gasteiger partial charge in [0.1, 0.15) is 28.3 Å². The smallest absolute Gasteiger partial charge is 0.323 e. The number of aliphatic carboxylic acids is 1. The third kappa shape index (κ3) is 4.99. The van der Waals surface area contributed by atoms with Crippen molar-refractivity contribution in [3.8, 4) is 6.07 Å². The Balaban J connectivity index is 2.25. The van der Waals surface area contributed by atoms with Crippen LogP contribution in [0.3, 0.4) is 0 Å². The summed E-state index contributed by atoms with van der Waals surface area (Å²) >= 11 is 6.27. The summed E-state index contributed by atoms with van der Waals surface area (Å²) in [4.78, 5) is 40.9. The fourth-order valence-corrected chi connectivity index (χ4v) is 5.89. The van der Waals surface area contributed by atoms with Gasteiger partial charge < -0.3 is 10.0 Å². The molecule has 1 N–H and O–H groups in total. The molecule has 2 unspecified atom stereocenters. The summed E-state index contributed by atoms with van der Waals surface area (Å²) in [6.07, 6.45) is 3.47. The van der Waals surface area contributed by atoms with Crippen molar-refractivity contribution < 1.29 is 14.7 Å². The van der Waals surface area contributed by atoms with E-state index in [1.165, 1.54) is 0 Å². The van der Waals surface area contributed by atoms with Gasteiger partial charge in [-0.2, -0.15) is 5.26 Å². The van der Waals surface area contributed by atoms with Gasteiger partial charge in [-0.25, -0.2) is 0 Å². The van der Waals surface area contributed by atoms with Crippen LogP contribution < -0.4 is 10.5 Å². The molecule has 33 heavy (non-hydrogen) atoms. The number of piperidine rings is 1. The van der Waals surface area contributed by atoms with E-state index < -0.39 is 18.4 Å². The van der Waals surface area contributed by atoms with Gasteiger partial charge in [0.05, 0.1) is 4.91 Å². The number of hydrogen-bond donors (Lipinski definition) is 1. The van der Waals surface area contributed by atoms with E-state index in [1.807, 2.05) is 13.0 Å². The number of rotatable bonds is 6. The number of anilines is 1. The van der Waals surface area contributed by atoms with Gasteiger partial charge in [-0.15, -0.1) is 0 Å². The van der Waals surface area contributed by atoms with Crippen LogP contribution in [0.25, 0.3) is 6.08 Å². The van der Waals surface area contributed by atoms with Crippen molar-refractivity contribution in [2.24, 2.45) is 11.8 Å². The number of carboxylic acid groups (broad SMARTS) is 1. The van der Waals surface area contributed by atoms with Crippen LogP contribution >= 0.6 is 24.0 Å². The number of thioether (sulfide) groups is 1. The summed E-state index contributed by atoms with van der Waals surface area (Å²) in [5.41, 5.74) is 0.877. The Morgan fingerprint density at radius 3 is 2.48 bits per heavy atom. The number of carbonyl (C=O) groups is 2. The number of aromatic nitrogens is 1. The zero-order valence-corrected chi connectivity index (χ0v) is 20.9. The molecule has 2 atom stereocenters. The number of nitrogens with zero attached hydrogens (tertiary/aromatic N) is 4. The predicted octanol–water partition coefficient (Wildman–Crippen LogP) is 3.21. The third-order valence-corrected chi connectivity index (χ3v) is 7.28. The molecule has 0 bridgehead atoms. The number of carboxylic acids is 1. The van der Waals surface area contributed by atoms with Crippen LogP contribution in [0.15, 0.2) is 9.70 Å². The molecule has 176 valence electrons. The van der Waals surface area contributed by atoms with Crippen molar-refractivity contribution in [1.29, 1.82) is 5.26 Å². The summed E-state index contributed by atoms with van der Waals surface area (Å²) in [7, 11) is 0. The molecule has 2 fully saturated rings. The SMILES string of the molecule is CCCn1c(N2CC(C)CC(C)C2)c(C=C2SC(=S)N(CC(=O)O)C2=O)c(C)c(C#N)c1=O. The summed E-state index contributed by atoms with van der Waals surface area (Å²) in [6.45, 7) is 9.52. The maximum Gasteiger partial charge on any atom is 0.323 e. The molecule has 0 spiro atoms. The van der Waals surface area contributed by atoms with Crippen molar-refractivity contribution in [3.05, 3.63) is 31.9 Å². The maximum absolute atomic E-state index is 13.2. The lowest BCUT2D eigenvalue weighted by atomic mass is 9.91. The summed E-state index contributed by atoms with van der Waals surface area (Å²) < 4.78 is 1.83. The minimum Gasteiger partial charge on any atom is -0.480 e. The lowest BCUT2D eigenvalue weighted by molar-refractivity contribution is -0.140. The molecule has 3 rings (SSSR count). The average Bonchev–Trinajstić information content (AvgIpc) is 2.98. The van der Waals surface area contributed by atoms with Gasteiger partial charge in [0.2, 0.25) is 0 Å². The molecule has 0 radical (unpaired) electrons. The van der Waals surface area contributed by atoms with Gasteiger partial charge in [-0.3, -0.25) is 23.9 Å². The zero-order valence-electron chi connectivity index (χ0n) is 19.3. The highest BCUT2D eigenvalue weighted by Gasteiger charge is 2.35. The Hall–Kier alpha value is -2.64. The van der Waals surface area contributed by atoms with E-state index in [-0.39, 0.29) is 20.3 Å². The lowest BCUT2D eigenvalue weighted by Gasteiger charge is -2.39. The van der Waals surface area contributed by atoms with E-state index in [2.05, 4.69) is 18.7 Å². The standard InChI is InChI=1S/C23H28N4O4S2/c1-5-6-26-20(25-10-13(2)7-14(3)11-25)16(15(4)17(9-24)21(26)30)8-18-22(31)27(12-19(28)29)23(32)33-18/h8,13-14H,5-7,10-12H2,1-4H3,(H,28,29). The first-order chi connectivity index (χ1) is 15.6. The molecule has 0 aliphatic carbocycles. The first kappa shape index (κ1) is 25.0. The van der Waals surface area contributed by atoms with Crippen molar-refractivity contribution in [2.75, 3.05) is 24.5 Å². The normalized spacial score (nSPS) is 22.2. The first-order valence-corrected chi connectivity index (χ1v) is 12.2. The van der Waals surface area contributed by atoms with E-state index in [0.717, 1.165) is 36.2 Å². The molecule has 0 saturated carbocycles. The van der Waals surface area contributed by atoms with Crippen LogP contribution in [-0.2, 0) is 16.1 Å². The molecular weight excluding hydrogens is 460 g/mol. The Bertz CT molecular complexity index is 1120. The molecule has 8 nitrogen and oxygen atoms in total. The minimum absolute atomic E-state index is 0.0533. The van der Waals surface area contributed by atoms with E-state index in [9.17, 15) is 19.6 Å². The van der Waals surface area contributed by atoms with Crippen LogP contribution in [0, 0.1) is 30.1 Å². The van der Waals surface area contributed by atoms with Gasteiger partial charge in [0.15, 0.2) is 0 Å². The highest BCUT2D eigenvalue weighted by molar-refractivity contribution is 8.26. The number of nitriles is 1. The van der Waals surface area contributed by atoms with Crippen LogP contribution in [-0.4, -0.2) is 50.4 Å². The van der Waals surface area contributed by atoms with E-state index in [0.29, 0.717) is 41.7 Å². The quantitative estimate of drug-likeness (QED) is 0.481. The van der Waals surface area contributed by atoms with Crippen LogP contribution in [0.4, 0.5) is 5.82 Å². The molecule has 1 aromatic heterocycles. The number of amides is 1. The van der Waals surface area contributed by atoms with Crippen LogP contribution in [0.1, 0.15) is 50.3 Å². The largest absolute Gasteiger partial charge is 0.480 e. The molecule has 1 aromatic rings. The zero-order chi connectivity index (χ0) is 24.4. The van der Waals surface area contributed by atoms with E-state index in [4.69, 9.17) is 17.3 Å². The predicted molar refractivity (Wildman–Crippen MR) is 133 cm³/mol. The number of thiocarbonyl (C=S) groups is 1. The second-order valence-corrected chi connectivity index (χ2v) is 10.5. The Morgan fingerprint density at radius 1 is 1.30 bits per heavy atom. The molecular formula is C23H28N4O4S2. The lowest BCUT2D eigenvalue weighted by Crippen LogP contribution is -2.43. The fraction of sp³-hybridized carbons (Fsp3) is 0.522. The van der Waals surface area contributed by atoms with Gasteiger partial charge in [0, 0.05) is 25.2 Å². The first-order valence-electron chi connectivity index (χ1n) is 11.0. The minimum atomic E-state index is -1.15. The third-order valence-electron chi connectivity index (χ3n) is 5.90. The van der Waals surface area contributed by atoms with Gasteiger partial charge in [-0.05, 0) is 43.2 Å². The Labute approximate surface area is 202 Å². The van der Waals surface area contributed by atoms with Crippen molar-refractivity contribution >= 4 is 52.1 Å². The number of carbonyl (C=O) groups excluding carboxylic acids is 1. The Kier molecular flexibility index (Phi) is 7.65. The van der Waals surface area contributed by atoms with Gasteiger partial charge >= 0.3 is 5.97 Å². The summed E-state index contributed by atoms with van der Waals surface area (Å²) in [5, 5.41) is 18.9. The van der Waals surface area contributed by atoms with Crippen molar-refractivity contribution in [3.63, 3.8) is 0 Å². The topological polar surface area (TPSA) is 107 Å². The molecule has 2 aliphatic rings. The van der Waals surface area contributed by atoms with E-state index >= 15 is 0 Å². The van der Waals surface area contributed by atoms with Gasteiger partial charge in [-0.1, -0.05) is 44.8 Å². The molecule has 3 heterocycles. The Morgan fingerprint density at radius 2 is 1.94 bits per heavy atom. The molecule has 2 saturated heterocycles. The molecule has 2 aliphatic heterocycles. The second kappa shape index (κ2) is 10.1. The highest BCUT2D eigenvalue weighted by atomic mass is 32.2. The maximum atomic E-state index is 13.2. The number of pyridine rings is 1.